The van der Waals surface area contributed by atoms with Crippen LogP contribution in [0.1, 0.15) is 33.6 Å². The quantitative estimate of drug-likeness (QED) is 0.870. The van der Waals surface area contributed by atoms with Crippen LogP contribution in [0.4, 0.5) is 11.4 Å². The number of carbonyl (C=O) groups is 3. The predicted octanol–water partition coefficient (Wildman–Crippen LogP) is 2.85. The largest absolute Gasteiger partial charge is 0.465 e. The Hall–Kier alpha value is -3.15. The number of esters is 1. The zero-order valence-corrected chi connectivity index (χ0v) is 13.8. The second kappa shape index (κ2) is 7.17. The summed E-state index contributed by atoms with van der Waals surface area (Å²) < 4.78 is 4.63. The highest BCUT2D eigenvalue weighted by atomic mass is 16.5. The van der Waals surface area contributed by atoms with E-state index in [9.17, 15) is 14.4 Å². The van der Waals surface area contributed by atoms with Crippen LogP contribution in [0, 0.1) is 0 Å². The van der Waals surface area contributed by atoms with E-state index in [0.717, 1.165) is 18.7 Å². The molecule has 6 nitrogen and oxygen atoms in total. The third kappa shape index (κ3) is 3.68. The van der Waals surface area contributed by atoms with E-state index < -0.39 is 5.97 Å². The molecule has 2 aromatic rings. The fourth-order valence-electron chi connectivity index (χ4n) is 2.72. The van der Waals surface area contributed by atoms with E-state index in [2.05, 4.69) is 10.1 Å². The molecule has 0 spiro atoms. The van der Waals surface area contributed by atoms with Crippen molar-refractivity contribution in [2.24, 2.45) is 0 Å². The van der Waals surface area contributed by atoms with Crippen molar-refractivity contribution >= 4 is 29.2 Å². The van der Waals surface area contributed by atoms with Crippen LogP contribution in [0.25, 0.3) is 0 Å². The molecule has 6 heteroatoms. The summed E-state index contributed by atoms with van der Waals surface area (Å²) >= 11 is 0. The fraction of sp³-hybridized carbons (Fsp3) is 0.211. The molecular formula is C19H18N2O4. The Morgan fingerprint density at radius 1 is 1.00 bits per heavy atom. The summed E-state index contributed by atoms with van der Waals surface area (Å²) in [5.41, 5.74) is 2.30. The van der Waals surface area contributed by atoms with Gasteiger partial charge in [-0.25, -0.2) is 4.79 Å². The molecule has 2 amide bonds. The maximum atomic E-state index is 12.3. The molecule has 0 bridgehead atoms. The zero-order chi connectivity index (χ0) is 17.8. The molecule has 128 valence electrons. The van der Waals surface area contributed by atoms with Gasteiger partial charge in [0.1, 0.15) is 0 Å². The molecule has 0 saturated carbocycles. The average Bonchev–Trinajstić information content (AvgIpc) is 3.07. The van der Waals surface area contributed by atoms with Crippen molar-refractivity contribution in [3.8, 4) is 0 Å². The van der Waals surface area contributed by atoms with Crippen LogP contribution in [-0.2, 0) is 9.53 Å². The molecule has 1 heterocycles. The molecule has 0 unspecified atom stereocenters. The summed E-state index contributed by atoms with van der Waals surface area (Å²) in [5.74, 6) is -0.571. The minimum atomic E-state index is -0.426. The lowest BCUT2D eigenvalue weighted by Crippen LogP contribution is -2.23. The summed E-state index contributed by atoms with van der Waals surface area (Å²) in [6.07, 6.45) is 1.44. The topological polar surface area (TPSA) is 75.7 Å². The number of ether oxygens (including phenoxy) is 1. The van der Waals surface area contributed by atoms with Crippen molar-refractivity contribution in [2.75, 3.05) is 23.9 Å². The summed E-state index contributed by atoms with van der Waals surface area (Å²) in [6, 6.07) is 13.4. The van der Waals surface area contributed by atoms with E-state index in [-0.39, 0.29) is 11.8 Å². The van der Waals surface area contributed by atoms with Gasteiger partial charge in [0.25, 0.3) is 5.91 Å². The summed E-state index contributed by atoms with van der Waals surface area (Å²) in [4.78, 5) is 37.2. The highest BCUT2D eigenvalue weighted by molar-refractivity contribution is 6.05. The van der Waals surface area contributed by atoms with Crippen LogP contribution < -0.4 is 10.2 Å². The highest BCUT2D eigenvalue weighted by Gasteiger charge is 2.21. The molecule has 0 aromatic heterocycles. The minimum Gasteiger partial charge on any atom is -0.465 e. The van der Waals surface area contributed by atoms with Gasteiger partial charge in [-0.3, -0.25) is 9.59 Å². The third-order valence-corrected chi connectivity index (χ3v) is 4.08. The lowest BCUT2D eigenvalue weighted by Gasteiger charge is -2.15. The van der Waals surface area contributed by atoms with Crippen molar-refractivity contribution in [3.63, 3.8) is 0 Å². The van der Waals surface area contributed by atoms with Gasteiger partial charge in [0.15, 0.2) is 0 Å². The molecule has 2 aromatic carbocycles. The number of benzene rings is 2. The number of methoxy groups -OCH3 is 1. The standard InChI is InChI=1S/C19H18N2O4/c1-25-19(24)14-4-8-15(9-5-14)20-18(23)13-6-10-16(11-7-13)21-12-2-3-17(21)22/h4-11H,2-3,12H2,1H3,(H,20,23). The van der Waals surface area contributed by atoms with Gasteiger partial charge < -0.3 is 15.0 Å². The first-order valence-electron chi connectivity index (χ1n) is 7.98. The molecule has 1 fully saturated rings. The van der Waals surface area contributed by atoms with Gasteiger partial charge in [0, 0.05) is 29.9 Å². The van der Waals surface area contributed by atoms with Crippen molar-refractivity contribution in [1.82, 2.24) is 0 Å². The van der Waals surface area contributed by atoms with Gasteiger partial charge in [-0.15, -0.1) is 0 Å². The lowest BCUT2D eigenvalue weighted by molar-refractivity contribution is -0.117. The number of hydrogen-bond acceptors (Lipinski definition) is 4. The maximum absolute atomic E-state index is 12.3. The summed E-state index contributed by atoms with van der Waals surface area (Å²) in [7, 11) is 1.32. The minimum absolute atomic E-state index is 0.114. The molecule has 1 aliphatic heterocycles. The lowest BCUT2D eigenvalue weighted by atomic mass is 10.1. The SMILES string of the molecule is COC(=O)c1ccc(NC(=O)c2ccc(N3CCCC3=O)cc2)cc1. The van der Waals surface area contributed by atoms with Gasteiger partial charge in [0.2, 0.25) is 5.91 Å². The number of nitrogens with one attached hydrogen (secondary N) is 1. The molecule has 0 atom stereocenters. The van der Waals surface area contributed by atoms with Crippen LogP contribution in [0.3, 0.4) is 0 Å². The Balaban J connectivity index is 1.67. The summed E-state index contributed by atoms with van der Waals surface area (Å²) in [5, 5.41) is 2.77. The van der Waals surface area contributed by atoms with Crippen molar-refractivity contribution in [1.29, 1.82) is 0 Å². The Kier molecular flexibility index (Phi) is 4.79. The Morgan fingerprint density at radius 3 is 2.20 bits per heavy atom. The van der Waals surface area contributed by atoms with E-state index in [0.29, 0.717) is 23.2 Å². The monoisotopic (exact) mass is 338 g/mol. The van der Waals surface area contributed by atoms with E-state index >= 15 is 0 Å². The first kappa shape index (κ1) is 16.7. The van der Waals surface area contributed by atoms with Gasteiger partial charge >= 0.3 is 5.97 Å². The highest BCUT2D eigenvalue weighted by Crippen LogP contribution is 2.22. The van der Waals surface area contributed by atoms with E-state index in [1.165, 1.54) is 7.11 Å². The van der Waals surface area contributed by atoms with Gasteiger partial charge in [0.05, 0.1) is 12.7 Å². The fourth-order valence-corrected chi connectivity index (χ4v) is 2.72. The van der Waals surface area contributed by atoms with Crippen LogP contribution in [0.15, 0.2) is 48.5 Å². The number of nitrogens with zero attached hydrogens (tertiary/aromatic N) is 1. The van der Waals surface area contributed by atoms with Gasteiger partial charge in [-0.2, -0.15) is 0 Å². The average molecular weight is 338 g/mol. The molecular weight excluding hydrogens is 320 g/mol. The van der Waals surface area contributed by atoms with Crippen molar-refractivity contribution in [3.05, 3.63) is 59.7 Å². The van der Waals surface area contributed by atoms with E-state index in [1.807, 2.05) is 0 Å². The van der Waals surface area contributed by atoms with Gasteiger partial charge in [-0.05, 0) is 55.0 Å². The predicted molar refractivity (Wildman–Crippen MR) is 93.8 cm³/mol. The normalized spacial score (nSPS) is 13.6. The number of carbonyl (C=O) groups excluding carboxylic acids is 3. The van der Waals surface area contributed by atoms with Crippen molar-refractivity contribution in [2.45, 2.75) is 12.8 Å². The smallest absolute Gasteiger partial charge is 0.337 e. The first-order valence-corrected chi connectivity index (χ1v) is 7.98. The van der Waals surface area contributed by atoms with E-state index in [4.69, 9.17) is 0 Å². The second-order valence-corrected chi connectivity index (χ2v) is 5.72. The number of amides is 2. The molecule has 1 aliphatic rings. The van der Waals surface area contributed by atoms with E-state index in [1.54, 1.807) is 53.4 Å². The first-order chi connectivity index (χ1) is 12.1. The molecule has 25 heavy (non-hydrogen) atoms. The molecule has 0 radical (unpaired) electrons. The van der Waals surface area contributed by atoms with Crippen LogP contribution in [0.5, 0.6) is 0 Å². The van der Waals surface area contributed by atoms with Crippen molar-refractivity contribution < 1.29 is 19.1 Å². The van der Waals surface area contributed by atoms with Gasteiger partial charge in [-0.1, -0.05) is 0 Å². The summed E-state index contributed by atoms with van der Waals surface area (Å²) in [6.45, 7) is 0.719. The van der Waals surface area contributed by atoms with Crippen LogP contribution >= 0.6 is 0 Å². The molecule has 3 rings (SSSR count). The zero-order valence-electron chi connectivity index (χ0n) is 13.8. The second-order valence-electron chi connectivity index (χ2n) is 5.72. The third-order valence-electron chi connectivity index (χ3n) is 4.08. The number of hydrogen-bond donors (Lipinski definition) is 1. The van der Waals surface area contributed by atoms with Crippen LogP contribution in [-0.4, -0.2) is 31.4 Å². The van der Waals surface area contributed by atoms with Crippen LogP contribution in [0.2, 0.25) is 0 Å². The maximum Gasteiger partial charge on any atom is 0.337 e. The molecule has 1 saturated heterocycles. The number of anilines is 2. The Bertz CT molecular complexity index is 797. The number of rotatable bonds is 4. The Morgan fingerprint density at radius 2 is 1.64 bits per heavy atom. The molecule has 1 N–H and O–H groups in total. The Labute approximate surface area is 145 Å². The molecule has 0 aliphatic carbocycles.